The molecule has 0 radical (unpaired) electrons. The maximum absolute atomic E-state index is 11.8. The Morgan fingerprint density at radius 1 is 1.27 bits per heavy atom. The molecule has 1 aliphatic rings. The van der Waals surface area contributed by atoms with Crippen molar-refractivity contribution in [2.45, 2.75) is 11.8 Å². The van der Waals surface area contributed by atoms with Crippen molar-refractivity contribution in [1.29, 1.82) is 0 Å². The predicted octanol–water partition coefficient (Wildman–Crippen LogP) is 2.78. The zero-order valence-corrected chi connectivity index (χ0v) is 9.74. The molecular formula is C12H11BrO2. The second kappa shape index (κ2) is 4.19. The van der Waals surface area contributed by atoms with Crippen LogP contribution in [0.2, 0.25) is 0 Å². The van der Waals surface area contributed by atoms with E-state index in [0.29, 0.717) is 6.42 Å². The number of cyclic esters (lactones) is 1. The lowest BCUT2D eigenvalue weighted by atomic mass is 9.79. The first-order valence-electron chi connectivity index (χ1n) is 4.80. The molecule has 3 heteroatoms. The highest BCUT2D eigenvalue weighted by atomic mass is 79.9. The first-order chi connectivity index (χ1) is 7.29. The lowest BCUT2D eigenvalue weighted by molar-refractivity contribution is -0.140. The van der Waals surface area contributed by atoms with Crippen LogP contribution in [0.5, 0.6) is 0 Å². The Hall–Kier alpha value is -1.09. The van der Waals surface area contributed by atoms with E-state index < -0.39 is 5.41 Å². The monoisotopic (exact) mass is 266 g/mol. The van der Waals surface area contributed by atoms with Crippen LogP contribution in [-0.2, 0) is 14.9 Å². The fraction of sp³-hybridized carbons (Fsp3) is 0.250. The van der Waals surface area contributed by atoms with Crippen molar-refractivity contribution >= 4 is 21.9 Å². The molecule has 0 aromatic heterocycles. The Balaban J connectivity index is 2.44. The van der Waals surface area contributed by atoms with Crippen LogP contribution in [0.3, 0.4) is 0 Å². The molecular weight excluding hydrogens is 256 g/mol. The van der Waals surface area contributed by atoms with E-state index in [0.717, 1.165) is 10.9 Å². The summed E-state index contributed by atoms with van der Waals surface area (Å²) in [4.78, 5) is 11.8. The van der Waals surface area contributed by atoms with E-state index in [1.165, 1.54) is 6.26 Å². The zero-order chi connectivity index (χ0) is 10.7. The van der Waals surface area contributed by atoms with Gasteiger partial charge in [-0.25, -0.2) is 0 Å². The van der Waals surface area contributed by atoms with Crippen LogP contribution in [0.15, 0.2) is 42.7 Å². The summed E-state index contributed by atoms with van der Waals surface area (Å²) in [5.41, 5.74) is 0.397. The third-order valence-electron chi connectivity index (χ3n) is 2.67. The molecule has 1 heterocycles. The largest absolute Gasteiger partial charge is 0.434 e. The standard InChI is InChI=1S/C12H11BrO2/c13-8-6-12(7-9-15-11(12)14)10-4-2-1-3-5-10/h1-5,7,9H,6,8H2. The van der Waals surface area contributed by atoms with E-state index in [-0.39, 0.29) is 5.97 Å². The van der Waals surface area contributed by atoms with Crippen LogP contribution < -0.4 is 0 Å². The van der Waals surface area contributed by atoms with Crippen molar-refractivity contribution in [3.63, 3.8) is 0 Å². The second-order valence-electron chi connectivity index (χ2n) is 3.48. The Morgan fingerprint density at radius 2 is 2.00 bits per heavy atom. The van der Waals surface area contributed by atoms with E-state index in [4.69, 9.17) is 4.74 Å². The molecule has 0 saturated heterocycles. The average Bonchev–Trinajstić information content (AvgIpc) is 2.63. The molecule has 0 bridgehead atoms. The molecule has 2 nitrogen and oxygen atoms in total. The Morgan fingerprint density at radius 3 is 2.53 bits per heavy atom. The topological polar surface area (TPSA) is 26.3 Å². The molecule has 0 amide bonds. The molecule has 1 aromatic rings. The first-order valence-corrected chi connectivity index (χ1v) is 5.92. The zero-order valence-electron chi connectivity index (χ0n) is 8.15. The normalized spacial score (nSPS) is 24.2. The quantitative estimate of drug-likeness (QED) is 0.621. The average molecular weight is 267 g/mol. The van der Waals surface area contributed by atoms with Gasteiger partial charge in [-0.05, 0) is 18.1 Å². The van der Waals surface area contributed by atoms with Crippen LogP contribution >= 0.6 is 15.9 Å². The van der Waals surface area contributed by atoms with Gasteiger partial charge in [0, 0.05) is 5.33 Å². The molecule has 0 spiro atoms. The molecule has 0 saturated carbocycles. The molecule has 1 aliphatic heterocycles. The van der Waals surface area contributed by atoms with Crippen molar-refractivity contribution in [2.24, 2.45) is 0 Å². The smallest absolute Gasteiger partial charge is 0.325 e. The van der Waals surface area contributed by atoms with Crippen LogP contribution in [0.4, 0.5) is 0 Å². The summed E-state index contributed by atoms with van der Waals surface area (Å²) in [6, 6.07) is 9.73. The number of halogens is 1. The minimum atomic E-state index is -0.592. The fourth-order valence-corrected chi connectivity index (χ4v) is 2.44. The van der Waals surface area contributed by atoms with E-state index in [1.54, 1.807) is 0 Å². The molecule has 78 valence electrons. The predicted molar refractivity (Wildman–Crippen MR) is 61.8 cm³/mol. The number of esters is 1. The summed E-state index contributed by atoms with van der Waals surface area (Å²) < 4.78 is 4.94. The van der Waals surface area contributed by atoms with Gasteiger partial charge in [-0.3, -0.25) is 4.79 Å². The molecule has 2 rings (SSSR count). The maximum Gasteiger partial charge on any atom is 0.325 e. The molecule has 0 N–H and O–H groups in total. The SMILES string of the molecule is O=C1OC=CC1(CCBr)c1ccccc1. The first kappa shape index (κ1) is 10.4. The Labute approximate surface area is 97.1 Å². The van der Waals surface area contributed by atoms with Gasteiger partial charge in [-0.2, -0.15) is 0 Å². The van der Waals surface area contributed by atoms with Crippen molar-refractivity contribution in [3.8, 4) is 0 Å². The highest BCUT2D eigenvalue weighted by Gasteiger charge is 2.41. The van der Waals surface area contributed by atoms with Gasteiger partial charge in [-0.1, -0.05) is 46.3 Å². The highest BCUT2D eigenvalue weighted by molar-refractivity contribution is 9.09. The van der Waals surface area contributed by atoms with Gasteiger partial charge in [0.2, 0.25) is 0 Å². The van der Waals surface area contributed by atoms with Gasteiger partial charge in [0.05, 0.1) is 6.26 Å². The van der Waals surface area contributed by atoms with E-state index in [9.17, 15) is 4.79 Å². The number of ether oxygens (including phenoxy) is 1. The fourth-order valence-electron chi connectivity index (χ4n) is 1.81. The van der Waals surface area contributed by atoms with Gasteiger partial charge in [0.1, 0.15) is 5.41 Å². The number of benzene rings is 1. The third-order valence-corrected chi connectivity index (χ3v) is 3.07. The van der Waals surface area contributed by atoms with Crippen LogP contribution in [0.1, 0.15) is 12.0 Å². The van der Waals surface area contributed by atoms with Crippen LogP contribution in [-0.4, -0.2) is 11.3 Å². The molecule has 1 aromatic carbocycles. The maximum atomic E-state index is 11.8. The lowest BCUT2D eigenvalue weighted by Gasteiger charge is -2.22. The molecule has 1 atom stereocenters. The number of rotatable bonds is 3. The number of alkyl halides is 1. The van der Waals surface area contributed by atoms with Crippen molar-refractivity contribution in [3.05, 3.63) is 48.2 Å². The minimum Gasteiger partial charge on any atom is -0.434 e. The summed E-state index contributed by atoms with van der Waals surface area (Å²) in [5, 5.41) is 0.765. The minimum absolute atomic E-state index is 0.187. The lowest BCUT2D eigenvalue weighted by Crippen LogP contribution is -2.31. The van der Waals surface area contributed by atoms with Gasteiger partial charge < -0.3 is 4.74 Å². The van der Waals surface area contributed by atoms with Crippen molar-refractivity contribution in [2.75, 3.05) is 5.33 Å². The Bertz CT molecular complexity index is 386. The van der Waals surface area contributed by atoms with Crippen molar-refractivity contribution < 1.29 is 9.53 Å². The second-order valence-corrected chi connectivity index (χ2v) is 4.28. The number of carbonyl (C=O) groups is 1. The summed E-state index contributed by atoms with van der Waals surface area (Å²) in [5.74, 6) is -0.187. The van der Waals surface area contributed by atoms with Gasteiger partial charge in [0.15, 0.2) is 0 Å². The summed E-state index contributed by atoms with van der Waals surface area (Å²) in [7, 11) is 0. The number of hydrogen-bond donors (Lipinski definition) is 0. The summed E-state index contributed by atoms with van der Waals surface area (Å²) in [6.07, 6.45) is 4.04. The van der Waals surface area contributed by atoms with Crippen LogP contribution in [0, 0.1) is 0 Å². The van der Waals surface area contributed by atoms with Gasteiger partial charge in [0.25, 0.3) is 0 Å². The van der Waals surface area contributed by atoms with Crippen molar-refractivity contribution in [1.82, 2.24) is 0 Å². The molecule has 0 fully saturated rings. The van der Waals surface area contributed by atoms with E-state index >= 15 is 0 Å². The molecule has 1 unspecified atom stereocenters. The number of carbonyl (C=O) groups excluding carboxylic acids is 1. The summed E-state index contributed by atoms with van der Waals surface area (Å²) in [6.45, 7) is 0. The van der Waals surface area contributed by atoms with E-state index in [2.05, 4.69) is 15.9 Å². The van der Waals surface area contributed by atoms with Gasteiger partial charge >= 0.3 is 5.97 Å². The van der Waals surface area contributed by atoms with E-state index in [1.807, 2.05) is 36.4 Å². The number of hydrogen-bond acceptors (Lipinski definition) is 2. The third kappa shape index (κ3) is 1.72. The van der Waals surface area contributed by atoms with Gasteiger partial charge in [-0.15, -0.1) is 0 Å². The highest BCUT2D eigenvalue weighted by Crippen LogP contribution is 2.35. The molecule has 0 aliphatic carbocycles. The Kier molecular flexibility index (Phi) is 2.91. The molecule has 15 heavy (non-hydrogen) atoms. The summed E-state index contributed by atoms with van der Waals surface area (Å²) >= 11 is 3.38. The van der Waals surface area contributed by atoms with Crippen LogP contribution in [0.25, 0.3) is 0 Å².